The zero-order valence-electron chi connectivity index (χ0n) is 15.3. The highest BCUT2D eigenvalue weighted by atomic mass is 19.1. The van der Waals surface area contributed by atoms with Gasteiger partial charge in [0.25, 0.3) is 17.7 Å². The second-order valence-electron chi connectivity index (χ2n) is 5.95. The fourth-order valence-electron chi connectivity index (χ4n) is 2.46. The molecule has 2 aromatic carbocycles. The third kappa shape index (κ3) is 4.22. The van der Waals surface area contributed by atoms with Crippen molar-refractivity contribution in [3.63, 3.8) is 0 Å². The Bertz CT molecular complexity index is 985. The molecule has 1 aromatic heterocycles. The van der Waals surface area contributed by atoms with Gasteiger partial charge in [0.2, 0.25) is 6.04 Å². The largest absolute Gasteiger partial charge is 0.464 e. The smallest absolute Gasteiger partial charge is 0.338 e. The zero-order valence-corrected chi connectivity index (χ0v) is 15.3. The van der Waals surface area contributed by atoms with Gasteiger partial charge in [-0.2, -0.15) is 0 Å². The Morgan fingerprint density at radius 2 is 1.86 bits per heavy atom. The number of nitrogens with zero attached hydrogens (tertiary/aromatic N) is 2. The molecule has 0 spiro atoms. The van der Waals surface area contributed by atoms with E-state index in [4.69, 9.17) is 9.15 Å². The van der Waals surface area contributed by atoms with Crippen LogP contribution in [0.25, 0.3) is 11.5 Å². The lowest BCUT2D eigenvalue weighted by molar-refractivity contribution is -0.146. The van der Waals surface area contributed by atoms with E-state index in [0.717, 1.165) is 5.56 Å². The molecule has 3 rings (SSSR count). The number of halogens is 1. The van der Waals surface area contributed by atoms with Gasteiger partial charge in [0.15, 0.2) is 0 Å². The minimum Gasteiger partial charge on any atom is -0.464 e. The molecule has 8 heteroatoms. The van der Waals surface area contributed by atoms with Gasteiger partial charge in [0.1, 0.15) is 5.82 Å². The van der Waals surface area contributed by atoms with Gasteiger partial charge in [-0.15, -0.1) is 10.2 Å². The summed E-state index contributed by atoms with van der Waals surface area (Å²) in [6.45, 7) is 3.63. The quantitative estimate of drug-likeness (QED) is 0.657. The van der Waals surface area contributed by atoms with E-state index >= 15 is 0 Å². The van der Waals surface area contributed by atoms with E-state index in [-0.39, 0.29) is 24.0 Å². The number of hydrogen-bond acceptors (Lipinski definition) is 6. The molecule has 28 heavy (non-hydrogen) atoms. The van der Waals surface area contributed by atoms with Crippen LogP contribution >= 0.6 is 0 Å². The van der Waals surface area contributed by atoms with Crippen molar-refractivity contribution >= 4 is 11.9 Å². The minimum atomic E-state index is -1.32. The molecule has 0 fully saturated rings. The van der Waals surface area contributed by atoms with Crippen molar-refractivity contribution in [1.82, 2.24) is 15.5 Å². The topological polar surface area (TPSA) is 94.3 Å². The van der Waals surface area contributed by atoms with Crippen LogP contribution in [0.2, 0.25) is 0 Å². The predicted molar refractivity (Wildman–Crippen MR) is 97.7 cm³/mol. The van der Waals surface area contributed by atoms with Crippen LogP contribution in [-0.4, -0.2) is 28.7 Å². The third-order valence-corrected chi connectivity index (χ3v) is 3.90. The van der Waals surface area contributed by atoms with Crippen molar-refractivity contribution in [2.75, 3.05) is 6.61 Å². The molecule has 0 bridgehead atoms. The number of benzene rings is 2. The van der Waals surface area contributed by atoms with Crippen molar-refractivity contribution in [3.05, 3.63) is 71.4 Å². The molecule has 144 valence electrons. The fourth-order valence-corrected chi connectivity index (χ4v) is 2.46. The maximum Gasteiger partial charge on any atom is 0.338 e. The first-order chi connectivity index (χ1) is 13.5. The summed E-state index contributed by atoms with van der Waals surface area (Å²) in [6, 6.07) is 11.4. The van der Waals surface area contributed by atoms with Crippen LogP contribution in [0.15, 0.2) is 52.9 Å². The molecule has 1 atom stereocenters. The molecular formula is C20H18FN3O4. The summed E-state index contributed by atoms with van der Waals surface area (Å²) < 4.78 is 24.4. The van der Waals surface area contributed by atoms with Crippen molar-refractivity contribution in [1.29, 1.82) is 0 Å². The van der Waals surface area contributed by atoms with Gasteiger partial charge in [-0.1, -0.05) is 29.8 Å². The number of ether oxygens (including phenoxy) is 1. The number of carbonyl (C=O) groups is 2. The number of esters is 1. The lowest BCUT2D eigenvalue weighted by Crippen LogP contribution is -2.35. The molecule has 1 heterocycles. The van der Waals surface area contributed by atoms with Gasteiger partial charge in [-0.05, 0) is 38.1 Å². The normalized spacial score (nSPS) is 11.7. The number of aromatic nitrogens is 2. The third-order valence-electron chi connectivity index (χ3n) is 3.90. The molecule has 0 aliphatic rings. The predicted octanol–water partition coefficient (Wildman–Crippen LogP) is 3.22. The van der Waals surface area contributed by atoms with E-state index in [1.165, 1.54) is 18.2 Å². The Labute approximate surface area is 160 Å². The number of nitrogens with one attached hydrogen (secondary N) is 1. The average Bonchev–Trinajstić information content (AvgIpc) is 3.16. The van der Waals surface area contributed by atoms with Crippen LogP contribution in [0.3, 0.4) is 0 Å². The van der Waals surface area contributed by atoms with Gasteiger partial charge >= 0.3 is 5.97 Å². The Morgan fingerprint density at radius 1 is 1.14 bits per heavy atom. The summed E-state index contributed by atoms with van der Waals surface area (Å²) >= 11 is 0. The molecule has 1 unspecified atom stereocenters. The van der Waals surface area contributed by atoms with Crippen molar-refractivity contribution in [2.45, 2.75) is 19.9 Å². The van der Waals surface area contributed by atoms with E-state index in [1.54, 1.807) is 37.3 Å². The van der Waals surface area contributed by atoms with Crippen LogP contribution in [-0.2, 0) is 9.53 Å². The molecule has 0 saturated carbocycles. The highest BCUT2D eigenvalue weighted by Gasteiger charge is 2.30. The molecule has 1 N–H and O–H groups in total. The minimum absolute atomic E-state index is 0.0914. The Morgan fingerprint density at radius 3 is 2.54 bits per heavy atom. The van der Waals surface area contributed by atoms with E-state index in [1.807, 2.05) is 6.92 Å². The maximum absolute atomic E-state index is 13.9. The van der Waals surface area contributed by atoms with Crippen LogP contribution in [0.1, 0.15) is 34.8 Å². The Balaban J connectivity index is 1.88. The van der Waals surface area contributed by atoms with E-state index < -0.39 is 23.7 Å². The second kappa shape index (κ2) is 8.43. The zero-order chi connectivity index (χ0) is 20.1. The average molecular weight is 383 g/mol. The maximum atomic E-state index is 13.9. The van der Waals surface area contributed by atoms with Crippen LogP contribution in [0, 0.1) is 12.7 Å². The summed E-state index contributed by atoms with van der Waals surface area (Å²) in [4.78, 5) is 24.8. The van der Waals surface area contributed by atoms with Gasteiger partial charge < -0.3 is 14.5 Å². The lowest BCUT2D eigenvalue weighted by Gasteiger charge is -2.14. The second-order valence-corrected chi connectivity index (χ2v) is 5.95. The SMILES string of the molecule is CCOC(=O)C(NC(=O)c1ccc(C)cc1)c1nnc(-c2ccccc2F)o1. The van der Waals surface area contributed by atoms with Crippen LogP contribution in [0.5, 0.6) is 0 Å². The number of aryl methyl sites for hydroxylation is 1. The van der Waals surface area contributed by atoms with Gasteiger partial charge in [-0.3, -0.25) is 4.79 Å². The standard InChI is InChI=1S/C20H18FN3O4/c1-3-27-20(26)16(22-17(25)13-10-8-12(2)9-11-13)19-24-23-18(28-19)14-6-4-5-7-15(14)21/h4-11,16H,3H2,1-2H3,(H,22,25). The van der Waals surface area contributed by atoms with Crippen molar-refractivity contribution < 1.29 is 23.1 Å². The highest BCUT2D eigenvalue weighted by molar-refractivity contribution is 5.96. The summed E-state index contributed by atoms with van der Waals surface area (Å²) in [5.74, 6) is -2.12. The van der Waals surface area contributed by atoms with E-state index in [2.05, 4.69) is 15.5 Å². The lowest BCUT2D eigenvalue weighted by atomic mass is 10.1. The summed E-state index contributed by atoms with van der Waals surface area (Å²) in [5.41, 5.74) is 1.44. The first-order valence-electron chi connectivity index (χ1n) is 8.62. The monoisotopic (exact) mass is 383 g/mol. The van der Waals surface area contributed by atoms with E-state index in [0.29, 0.717) is 5.56 Å². The van der Waals surface area contributed by atoms with Gasteiger partial charge in [-0.25, -0.2) is 9.18 Å². The van der Waals surface area contributed by atoms with Gasteiger partial charge in [0, 0.05) is 5.56 Å². The summed E-state index contributed by atoms with van der Waals surface area (Å²) in [5, 5.41) is 10.1. The molecule has 0 saturated heterocycles. The number of carbonyl (C=O) groups excluding carboxylic acids is 2. The Hall–Kier alpha value is -3.55. The number of amides is 1. The molecular weight excluding hydrogens is 365 g/mol. The van der Waals surface area contributed by atoms with Crippen molar-refractivity contribution in [2.24, 2.45) is 0 Å². The number of hydrogen-bond donors (Lipinski definition) is 1. The first kappa shape index (κ1) is 19.2. The molecule has 7 nitrogen and oxygen atoms in total. The van der Waals surface area contributed by atoms with Crippen LogP contribution in [0.4, 0.5) is 4.39 Å². The molecule has 0 aliphatic heterocycles. The highest BCUT2D eigenvalue weighted by Crippen LogP contribution is 2.24. The van der Waals surface area contributed by atoms with Crippen molar-refractivity contribution in [3.8, 4) is 11.5 Å². The summed E-state index contributed by atoms with van der Waals surface area (Å²) in [6.07, 6.45) is 0. The Kier molecular flexibility index (Phi) is 5.78. The first-order valence-corrected chi connectivity index (χ1v) is 8.62. The van der Waals surface area contributed by atoms with Gasteiger partial charge in [0.05, 0.1) is 12.2 Å². The molecule has 1 amide bonds. The molecule has 0 aliphatic carbocycles. The fraction of sp³-hybridized carbons (Fsp3) is 0.200. The number of rotatable bonds is 6. The van der Waals surface area contributed by atoms with E-state index in [9.17, 15) is 14.0 Å². The van der Waals surface area contributed by atoms with Crippen LogP contribution < -0.4 is 5.32 Å². The molecule has 0 radical (unpaired) electrons. The molecule has 3 aromatic rings. The summed E-state index contributed by atoms with van der Waals surface area (Å²) in [7, 11) is 0.